The van der Waals surface area contributed by atoms with Crippen LogP contribution in [-0.2, 0) is 6.42 Å². The monoisotopic (exact) mass is 214 g/mol. The molecule has 1 aromatic rings. The summed E-state index contributed by atoms with van der Waals surface area (Å²) in [6.07, 6.45) is 0.580. The van der Waals surface area contributed by atoms with Gasteiger partial charge in [0.25, 0.3) is 0 Å². The van der Waals surface area contributed by atoms with Gasteiger partial charge in [-0.25, -0.2) is 0 Å². The Kier molecular flexibility index (Phi) is 3.78. The number of ether oxygens (including phenoxy) is 1. The third kappa shape index (κ3) is 2.02. The summed E-state index contributed by atoms with van der Waals surface area (Å²) in [6, 6.07) is 1.89. The van der Waals surface area contributed by atoms with Crippen molar-refractivity contribution >= 4 is 11.6 Å². The standard InChI is InChI=1S/C11H15ClO2/c1-7-6-10(12)11(14-3)9(4-5-13)8(7)2/h6,13H,4-5H2,1-3H3. The highest BCUT2D eigenvalue weighted by Crippen LogP contribution is 2.33. The number of hydrogen-bond acceptors (Lipinski definition) is 2. The van der Waals surface area contributed by atoms with E-state index in [4.69, 9.17) is 21.4 Å². The molecule has 14 heavy (non-hydrogen) atoms. The van der Waals surface area contributed by atoms with E-state index in [1.165, 1.54) is 0 Å². The van der Waals surface area contributed by atoms with Gasteiger partial charge in [0.05, 0.1) is 12.1 Å². The molecule has 1 rings (SSSR count). The van der Waals surface area contributed by atoms with E-state index >= 15 is 0 Å². The smallest absolute Gasteiger partial charge is 0.141 e. The van der Waals surface area contributed by atoms with Gasteiger partial charge < -0.3 is 9.84 Å². The summed E-state index contributed by atoms with van der Waals surface area (Å²) in [5.74, 6) is 0.684. The minimum atomic E-state index is 0.108. The van der Waals surface area contributed by atoms with Gasteiger partial charge in [-0.1, -0.05) is 11.6 Å². The average Bonchev–Trinajstić information content (AvgIpc) is 2.14. The topological polar surface area (TPSA) is 29.5 Å². The lowest BCUT2D eigenvalue weighted by Crippen LogP contribution is -2.01. The number of rotatable bonds is 3. The summed E-state index contributed by atoms with van der Waals surface area (Å²) in [5.41, 5.74) is 3.26. The van der Waals surface area contributed by atoms with Gasteiger partial charge in [-0.3, -0.25) is 0 Å². The van der Waals surface area contributed by atoms with Crippen molar-refractivity contribution in [3.05, 3.63) is 27.8 Å². The van der Waals surface area contributed by atoms with Crippen molar-refractivity contribution in [1.29, 1.82) is 0 Å². The normalized spacial score (nSPS) is 10.4. The maximum atomic E-state index is 8.95. The van der Waals surface area contributed by atoms with Crippen molar-refractivity contribution in [3.8, 4) is 5.75 Å². The molecular formula is C11H15ClO2. The second-order valence-corrected chi connectivity index (χ2v) is 3.69. The summed E-state index contributed by atoms with van der Waals surface area (Å²) in [4.78, 5) is 0. The Balaban J connectivity index is 3.32. The van der Waals surface area contributed by atoms with Crippen LogP contribution in [0.2, 0.25) is 5.02 Å². The van der Waals surface area contributed by atoms with Gasteiger partial charge in [-0.05, 0) is 37.5 Å². The van der Waals surface area contributed by atoms with Crippen LogP contribution < -0.4 is 4.74 Å². The van der Waals surface area contributed by atoms with Crippen LogP contribution in [0, 0.1) is 13.8 Å². The minimum Gasteiger partial charge on any atom is -0.495 e. The molecule has 78 valence electrons. The van der Waals surface area contributed by atoms with E-state index in [2.05, 4.69) is 0 Å². The van der Waals surface area contributed by atoms with E-state index < -0.39 is 0 Å². The van der Waals surface area contributed by atoms with Crippen LogP contribution in [0.15, 0.2) is 6.07 Å². The number of halogens is 1. The zero-order valence-corrected chi connectivity index (χ0v) is 9.48. The van der Waals surface area contributed by atoms with Gasteiger partial charge >= 0.3 is 0 Å². The first-order valence-electron chi connectivity index (χ1n) is 4.55. The molecule has 0 spiro atoms. The van der Waals surface area contributed by atoms with Crippen LogP contribution in [0.1, 0.15) is 16.7 Å². The molecule has 3 heteroatoms. The molecule has 0 unspecified atom stereocenters. The van der Waals surface area contributed by atoms with Gasteiger partial charge in [-0.15, -0.1) is 0 Å². The summed E-state index contributed by atoms with van der Waals surface area (Å²) in [5, 5.41) is 9.56. The average molecular weight is 215 g/mol. The van der Waals surface area contributed by atoms with Crippen molar-refractivity contribution in [3.63, 3.8) is 0 Å². The van der Waals surface area contributed by atoms with Gasteiger partial charge in [0.1, 0.15) is 5.75 Å². The molecule has 0 aromatic heterocycles. The molecule has 0 aliphatic heterocycles. The first-order chi connectivity index (χ1) is 6.61. The maximum Gasteiger partial charge on any atom is 0.141 e. The van der Waals surface area contributed by atoms with E-state index in [1.807, 2.05) is 19.9 Å². The van der Waals surface area contributed by atoms with Crippen LogP contribution in [0.25, 0.3) is 0 Å². The molecule has 0 aliphatic carbocycles. The molecule has 1 aromatic carbocycles. The van der Waals surface area contributed by atoms with Crippen molar-refractivity contribution in [2.24, 2.45) is 0 Å². The molecule has 0 atom stereocenters. The van der Waals surface area contributed by atoms with E-state index in [0.717, 1.165) is 16.7 Å². The van der Waals surface area contributed by atoms with Gasteiger partial charge in [0.2, 0.25) is 0 Å². The highest BCUT2D eigenvalue weighted by molar-refractivity contribution is 6.32. The molecule has 0 saturated carbocycles. The first-order valence-corrected chi connectivity index (χ1v) is 4.93. The van der Waals surface area contributed by atoms with E-state index in [9.17, 15) is 0 Å². The van der Waals surface area contributed by atoms with Gasteiger partial charge in [0.15, 0.2) is 0 Å². The molecule has 0 aliphatic rings. The van der Waals surface area contributed by atoms with Crippen LogP contribution in [0.5, 0.6) is 5.75 Å². The molecule has 1 N–H and O–H groups in total. The zero-order chi connectivity index (χ0) is 10.7. The van der Waals surface area contributed by atoms with Crippen molar-refractivity contribution < 1.29 is 9.84 Å². The number of aryl methyl sites for hydroxylation is 1. The number of aliphatic hydroxyl groups is 1. The Bertz CT molecular complexity index is 335. The van der Waals surface area contributed by atoms with Gasteiger partial charge in [-0.2, -0.15) is 0 Å². The third-order valence-electron chi connectivity index (χ3n) is 2.44. The third-order valence-corrected chi connectivity index (χ3v) is 2.73. The Morgan fingerprint density at radius 2 is 2.07 bits per heavy atom. The van der Waals surface area contributed by atoms with Crippen molar-refractivity contribution in [2.45, 2.75) is 20.3 Å². The molecule has 0 saturated heterocycles. The van der Waals surface area contributed by atoms with Gasteiger partial charge in [0, 0.05) is 12.2 Å². The minimum absolute atomic E-state index is 0.108. The predicted octanol–water partition coefficient (Wildman–Crippen LogP) is 2.50. The quantitative estimate of drug-likeness (QED) is 0.838. The molecular weight excluding hydrogens is 200 g/mol. The van der Waals surface area contributed by atoms with Crippen LogP contribution in [0.4, 0.5) is 0 Å². The fraction of sp³-hybridized carbons (Fsp3) is 0.455. The van der Waals surface area contributed by atoms with E-state index in [-0.39, 0.29) is 6.61 Å². The highest BCUT2D eigenvalue weighted by atomic mass is 35.5. The molecule has 0 bridgehead atoms. The summed E-state index contributed by atoms with van der Waals surface area (Å²) in [7, 11) is 1.59. The highest BCUT2D eigenvalue weighted by Gasteiger charge is 2.12. The Morgan fingerprint density at radius 1 is 1.43 bits per heavy atom. The zero-order valence-electron chi connectivity index (χ0n) is 8.72. The lowest BCUT2D eigenvalue weighted by Gasteiger charge is -2.14. The second kappa shape index (κ2) is 4.67. The number of hydrogen-bond donors (Lipinski definition) is 1. The summed E-state index contributed by atoms with van der Waals surface area (Å²) in [6.45, 7) is 4.12. The van der Waals surface area contributed by atoms with Crippen LogP contribution in [-0.4, -0.2) is 18.8 Å². The fourth-order valence-electron chi connectivity index (χ4n) is 1.55. The lowest BCUT2D eigenvalue weighted by molar-refractivity contribution is 0.296. The molecule has 0 heterocycles. The maximum absolute atomic E-state index is 8.95. The Hall–Kier alpha value is -0.730. The van der Waals surface area contributed by atoms with Crippen LogP contribution in [0.3, 0.4) is 0 Å². The lowest BCUT2D eigenvalue weighted by atomic mass is 10.00. The number of methoxy groups -OCH3 is 1. The van der Waals surface area contributed by atoms with Crippen LogP contribution >= 0.6 is 11.6 Å². The summed E-state index contributed by atoms with van der Waals surface area (Å²) < 4.78 is 5.22. The fourth-order valence-corrected chi connectivity index (χ4v) is 1.90. The number of benzene rings is 1. The summed E-state index contributed by atoms with van der Waals surface area (Å²) >= 11 is 6.04. The second-order valence-electron chi connectivity index (χ2n) is 3.29. The predicted molar refractivity (Wildman–Crippen MR) is 58.3 cm³/mol. The molecule has 0 radical (unpaired) electrons. The number of aliphatic hydroxyl groups excluding tert-OH is 1. The molecule has 0 fully saturated rings. The first kappa shape index (κ1) is 11.3. The van der Waals surface area contributed by atoms with Crippen molar-refractivity contribution in [2.75, 3.05) is 13.7 Å². The Morgan fingerprint density at radius 3 is 2.57 bits per heavy atom. The largest absolute Gasteiger partial charge is 0.495 e. The van der Waals surface area contributed by atoms with Crippen molar-refractivity contribution in [1.82, 2.24) is 0 Å². The van der Waals surface area contributed by atoms with E-state index in [1.54, 1.807) is 7.11 Å². The molecule has 2 nitrogen and oxygen atoms in total. The Labute approximate surface area is 89.5 Å². The van der Waals surface area contributed by atoms with E-state index in [0.29, 0.717) is 17.2 Å². The SMILES string of the molecule is COc1c(Cl)cc(C)c(C)c1CCO. The molecule has 0 amide bonds.